The molecule has 0 fully saturated rings. The van der Waals surface area contributed by atoms with Crippen molar-refractivity contribution in [3.63, 3.8) is 0 Å². The van der Waals surface area contributed by atoms with Gasteiger partial charge < -0.3 is 10.0 Å². The number of carbonyl (C=O) groups excluding carboxylic acids is 1. The molecule has 0 aromatic heterocycles. The second kappa shape index (κ2) is 8.39. The molecule has 1 aromatic rings. The van der Waals surface area contributed by atoms with Crippen molar-refractivity contribution in [1.82, 2.24) is 4.90 Å². The number of rotatable bonds is 5. The van der Waals surface area contributed by atoms with Crippen LogP contribution in [0.1, 0.15) is 29.9 Å². The lowest BCUT2D eigenvalue weighted by molar-refractivity contribution is -0.139. The lowest BCUT2D eigenvalue weighted by atomic mass is 9.80. The fourth-order valence-corrected chi connectivity index (χ4v) is 3.05. The number of carbonyl (C=O) groups is 1. The van der Waals surface area contributed by atoms with Gasteiger partial charge in [-0.2, -0.15) is 13.2 Å². The maximum absolute atomic E-state index is 14.4. The van der Waals surface area contributed by atoms with E-state index in [9.17, 15) is 27.5 Å². The van der Waals surface area contributed by atoms with Crippen molar-refractivity contribution in [3.8, 4) is 0 Å². The van der Waals surface area contributed by atoms with Crippen LogP contribution in [0.15, 0.2) is 28.5 Å². The lowest BCUT2D eigenvalue weighted by Gasteiger charge is -2.26. The summed E-state index contributed by atoms with van der Waals surface area (Å²) in [4.78, 5) is 18.2. The van der Waals surface area contributed by atoms with E-state index in [0.29, 0.717) is 19.2 Å². The molecule has 0 radical (unpaired) electrons. The minimum Gasteiger partial charge on any atom is -0.511 e. The summed E-state index contributed by atoms with van der Waals surface area (Å²) in [6.07, 6.45) is -4.27. The van der Waals surface area contributed by atoms with Gasteiger partial charge in [-0.15, -0.1) is 0 Å². The van der Waals surface area contributed by atoms with Crippen LogP contribution in [0, 0.1) is 5.82 Å². The highest BCUT2D eigenvalue weighted by molar-refractivity contribution is 6.30. The average molecular weight is 407 g/mol. The average Bonchev–Trinajstić information content (AvgIpc) is 2.54. The molecule has 148 valence electrons. The molecule has 2 rings (SSSR count). The Hall–Kier alpha value is -1.93. The van der Waals surface area contributed by atoms with Crippen LogP contribution in [0.3, 0.4) is 0 Å². The fraction of sp³-hybridized carbons (Fsp3) is 0.444. The van der Waals surface area contributed by atoms with E-state index in [4.69, 9.17) is 11.6 Å². The molecule has 4 nitrogen and oxygen atoms in total. The zero-order chi connectivity index (χ0) is 20.4. The molecule has 0 spiro atoms. The first kappa shape index (κ1) is 21.4. The SMILES string of the molecule is CN(C)CCN=CC1=C(O)CC(c2c(C(F)(F)F)ccc(Cl)c2F)CC1=O. The van der Waals surface area contributed by atoms with E-state index in [-0.39, 0.29) is 18.4 Å². The molecule has 1 aliphatic carbocycles. The Balaban J connectivity index is 2.34. The highest BCUT2D eigenvalue weighted by Crippen LogP contribution is 2.43. The number of nitrogens with zero attached hydrogens (tertiary/aromatic N) is 2. The topological polar surface area (TPSA) is 52.9 Å². The Kier molecular flexibility index (Phi) is 6.64. The summed E-state index contributed by atoms with van der Waals surface area (Å²) >= 11 is 5.64. The number of hydrogen-bond donors (Lipinski definition) is 1. The van der Waals surface area contributed by atoms with Crippen molar-refractivity contribution in [3.05, 3.63) is 45.4 Å². The Morgan fingerprint density at radius 3 is 2.56 bits per heavy atom. The summed E-state index contributed by atoms with van der Waals surface area (Å²) in [5.41, 5.74) is -1.95. The highest BCUT2D eigenvalue weighted by Gasteiger charge is 2.40. The first-order chi connectivity index (χ1) is 12.5. The summed E-state index contributed by atoms with van der Waals surface area (Å²) < 4.78 is 54.2. The second-order valence-electron chi connectivity index (χ2n) is 6.55. The van der Waals surface area contributed by atoms with Gasteiger partial charge in [0.2, 0.25) is 0 Å². The van der Waals surface area contributed by atoms with Crippen molar-refractivity contribution in [2.75, 3.05) is 27.2 Å². The Morgan fingerprint density at radius 2 is 2.00 bits per heavy atom. The van der Waals surface area contributed by atoms with Crippen molar-refractivity contribution in [1.29, 1.82) is 0 Å². The number of likely N-dealkylation sites (N-methyl/N-ethyl adjacent to an activating group) is 1. The maximum atomic E-state index is 14.4. The molecule has 0 aliphatic heterocycles. The monoisotopic (exact) mass is 406 g/mol. The van der Waals surface area contributed by atoms with Crippen LogP contribution in [-0.4, -0.2) is 49.2 Å². The molecular weight excluding hydrogens is 388 g/mol. The summed E-state index contributed by atoms with van der Waals surface area (Å²) in [5.74, 6) is -3.38. The van der Waals surface area contributed by atoms with Gasteiger partial charge in [0.25, 0.3) is 0 Å². The number of aliphatic imine (C=N–C) groups is 1. The third kappa shape index (κ3) is 5.07. The molecule has 27 heavy (non-hydrogen) atoms. The summed E-state index contributed by atoms with van der Waals surface area (Å²) in [6.45, 7) is 1.02. The zero-order valence-corrected chi connectivity index (χ0v) is 15.5. The largest absolute Gasteiger partial charge is 0.511 e. The smallest absolute Gasteiger partial charge is 0.416 e. The predicted octanol–water partition coefficient (Wildman–Crippen LogP) is 4.39. The zero-order valence-electron chi connectivity index (χ0n) is 14.8. The maximum Gasteiger partial charge on any atom is 0.416 e. The predicted molar refractivity (Wildman–Crippen MR) is 95.0 cm³/mol. The number of alkyl halides is 3. The summed E-state index contributed by atoms with van der Waals surface area (Å²) in [6, 6.07) is 1.51. The quantitative estimate of drug-likeness (QED) is 0.583. The molecular formula is C18H19ClF4N2O2. The standard InChI is InChI=1S/C18H19ClF4N2O2/c1-25(2)6-5-24-9-11-14(26)7-10(8-15(11)27)16-12(18(21,22)23)3-4-13(19)17(16)20/h3-4,9-10,26H,5-8H2,1-2H3. The van der Waals surface area contributed by atoms with Crippen LogP contribution >= 0.6 is 11.6 Å². The fourth-order valence-electron chi connectivity index (χ4n) is 2.89. The summed E-state index contributed by atoms with van der Waals surface area (Å²) in [5, 5.41) is 9.69. The van der Waals surface area contributed by atoms with Crippen LogP contribution in [-0.2, 0) is 11.0 Å². The van der Waals surface area contributed by atoms with E-state index in [0.717, 1.165) is 6.07 Å². The molecule has 0 heterocycles. The van der Waals surface area contributed by atoms with Gasteiger partial charge in [0.15, 0.2) is 5.78 Å². The highest BCUT2D eigenvalue weighted by atomic mass is 35.5. The van der Waals surface area contributed by atoms with E-state index in [1.807, 2.05) is 19.0 Å². The molecule has 1 aromatic carbocycles. The van der Waals surface area contributed by atoms with E-state index >= 15 is 0 Å². The number of halogens is 5. The lowest BCUT2D eigenvalue weighted by Crippen LogP contribution is -2.23. The van der Waals surface area contributed by atoms with Gasteiger partial charge in [-0.1, -0.05) is 11.6 Å². The number of ketones is 1. The number of Topliss-reactive ketones (excluding diaryl/α,β-unsaturated/α-hetero) is 1. The van der Waals surface area contributed by atoms with E-state index < -0.39 is 45.6 Å². The second-order valence-corrected chi connectivity index (χ2v) is 6.95. The van der Waals surface area contributed by atoms with Gasteiger partial charge in [0, 0.05) is 37.1 Å². The normalized spacial score (nSPS) is 18.8. The summed E-state index contributed by atoms with van der Waals surface area (Å²) in [7, 11) is 3.70. The van der Waals surface area contributed by atoms with Gasteiger partial charge in [-0.05, 0) is 26.2 Å². The number of allylic oxidation sites excluding steroid dienone is 2. The van der Waals surface area contributed by atoms with Gasteiger partial charge in [0.1, 0.15) is 11.6 Å². The molecule has 0 amide bonds. The van der Waals surface area contributed by atoms with Crippen LogP contribution in [0.25, 0.3) is 0 Å². The van der Waals surface area contributed by atoms with E-state index in [1.54, 1.807) is 0 Å². The molecule has 1 unspecified atom stereocenters. The molecule has 0 saturated heterocycles. The number of benzene rings is 1. The van der Waals surface area contributed by atoms with Crippen molar-refractivity contribution in [2.45, 2.75) is 24.9 Å². The van der Waals surface area contributed by atoms with Crippen molar-refractivity contribution >= 4 is 23.6 Å². The van der Waals surface area contributed by atoms with Crippen molar-refractivity contribution in [2.24, 2.45) is 4.99 Å². The molecule has 1 atom stereocenters. The van der Waals surface area contributed by atoms with Gasteiger partial charge in [-0.3, -0.25) is 9.79 Å². The minimum atomic E-state index is -4.81. The van der Waals surface area contributed by atoms with E-state index in [2.05, 4.69) is 4.99 Å². The van der Waals surface area contributed by atoms with Crippen molar-refractivity contribution < 1.29 is 27.5 Å². The molecule has 1 aliphatic rings. The third-order valence-electron chi connectivity index (χ3n) is 4.23. The molecule has 0 saturated carbocycles. The van der Waals surface area contributed by atoms with Crippen LogP contribution < -0.4 is 0 Å². The Morgan fingerprint density at radius 1 is 1.33 bits per heavy atom. The van der Waals surface area contributed by atoms with Gasteiger partial charge in [-0.25, -0.2) is 4.39 Å². The van der Waals surface area contributed by atoms with E-state index in [1.165, 1.54) is 6.21 Å². The third-order valence-corrected chi connectivity index (χ3v) is 4.52. The molecule has 1 N–H and O–H groups in total. The first-order valence-corrected chi connectivity index (χ1v) is 8.55. The minimum absolute atomic E-state index is 0.0546. The number of aliphatic hydroxyl groups is 1. The van der Waals surface area contributed by atoms with Gasteiger partial charge >= 0.3 is 6.18 Å². The van der Waals surface area contributed by atoms with Crippen LogP contribution in [0.5, 0.6) is 0 Å². The first-order valence-electron chi connectivity index (χ1n) is 8.17. The number of hydrogen-bond acceptors (Lipinski definition) is 4. The van der Waals surface area contributed by atoms with Crippen LogP contribution in [0.2, 0.25) is 5.02 Å². The number of aliphatic hydroxyl groups excluding tert-OH is 1. The Bertz CT molecular complexity index is 788. The molecule has 9 heteroatoms. The van der Waals surface area contributed by atoms with Crippen LogP contribution in [0.4, 0.5) is 17.6 Å². The Labute approximate surface area is 159 Å². The van der Waals surface area contributed by atoms with Gasteiger partial charge in [0.05, 0.1) is 22.7 Å². The molecule has 0 bridgehead atoms.